The quantitative estimate of drug-likeness (QED) is 0.206. The maximum absolute atomic E-state index is 13.6. The Morgan fingerprint density at radius 2 is 1.44 bits per heavy atom. The van der Waals surface area contributed by atoms with Crippen molar-refractivity contribution < 1.29 is 4.39 Å². The summed E-state index contributed by atoms with van der Waals surface area (Å²) in [5.41, 5.74) is 7.88. The molecule has 8 heteroatoms. The Labute approximate surface area is 258 Å². The first-order valence-corrected chi connectivity index (χ1v) is 14.4. The second kappa shape index (κ2) is 10.6. The lowest BCUT2D eigenvalue weighted by Gasteiger charge is -2.16. The van der Waals surface area contributed by atoms with Crippen LogP contribution in [0.2, 0.25) is 0 Å². The van der Waals surface area contributed by atoms with E-state index in [0.29, 0.717) is 22.5 Å². The van der Waals surface area contributed by atoms with E-state index < -0.39 is 5.41 Å². The van der Waals surface area contributed by atoms with Crippen LogP contribution >= 0.6 is 0 Å². The van der Waals surface area contributed by atoms with Gasteiger partial charge in [-0.25, -0.2) is 9.18 Å². The lowest BCUT2D eigenvalue weighted by Crippen LogP contribution is -2.21. The van der Waals surface area contributed by atoms with Gasteiger partial charge in [-0.2, -0.15) is 5.26 Å². The van der Waals surface area contributed by atoms with E-state index in [1.807, 2.05) is 92.8 Å². The van der Waals surface area contributed by atoms with Crippen LogP contribution in [0.5, 0.6) is 0 Å². The molecule has 0 N–H and O–H groups in total. The molecule has 0 atom stereocenters. The second-order valence-corrected chi connectivity index (χ2v) is 11.6. The van der Waals surface area contributed by atoms with Crippen molar-refractivity contribution in [1.29, 1.82) is 5.26 Å². The van der Waals surface area contributed by atoms with Gasteiger partial charge in [-0.3, -0.25) is 24.1 Å². The first-order chi connectivity index (χ1) is 21.7. The summed E-state index contributed by atoms with van der Waals surface area (Å²) in [6, 6.07) is 30.0. The second-order valence-electron chi connectivity index (χ2n) is 11.6. The van der Waals surface area contributed by atoms with Gasteiger partial charge < -0.3 is 0 Å². The zero-order valence-corrected chi connectivity index (χ0v) is 24.9. The summed E-state index contributed by atoms with van der Waals surface area (Å²) < 4.78 is 17.0. The Balaban J connectivity index is 1.27. The number of hydrogen-bond donors (Lipinski definition) is 0. The van der Waals surface area contributed by atoms with E-state index in [0.717, 1.165) is 44.4 Å². The Morgan fingerprint density at radius 3 is 2.11 bits per heavy atom. The molecule has 0 aliphatic carbocycles. The third-order valence-electron chi connectivity index (χ3n) is 8.29. The average Bonchev–Trinajstić information content (AvgIpc) is 3.34. The molecule has 0 fully saturated rings. The Hall–Kier alpha value is -5.94. The number of benzene rings is 3. The molecule has 0 bridgehead atoms. The summed E-state index contributed by atoms with van der Waals surface area (Å²) in [4.78, 5) is 27.4. The zero-order chi connectivity index (χ0) is 31.3. The number of rotatable bonds is 5. The lowest BCUT2D eigenvalue weighted by atomic mass is 9.86. The van der Waals surface area contributed by atoms with E-state index in [-0.39, 0.29) is 11.5 Å². The summed E-state index contributed by atoms with van der Waals surface area (Å²) in [6.07, 6.45) is 5.29. The maximum Gasteiger partial charge on any atom is 0.333 e. The third kappa shape index (κ3) is 4.85. The van der Waals surface area contributed by atoms with Crippen LogP contribution in [-0.4, -0.2) is 24.1 Å². The Kier molecular flexibility index (Phi) is 6.59. The normalized spacial score (nSPS) is 11.6. The highest BCUT2D eigenvalue weighted by atomic mass is 19.1. The molecule has 0 spiro atoms. The van der Waals surface area contributed by atoms with Crippen LogP contribution < -0.4 is 5.69 Å². The Bertz CT molecular complexity index is 2330. The van der Waals surface area contributed by atoms with Crippen LogP contribution in [0.1, 0.15) is 19.4 Å². The number of nitriles is 1. The highest BCUT2D eigenvalue weighted by Gasteiger charge is 2.21. The van der Waals surface area contributed by atoms with Gasteiger partial charge >= 0.3 is 5.69 Å². The summed E-state index contributed by atoms with van der Waals surface area (Å²) in [5, 5.41) is 10.4. The number of fused-ring (bicyclic) bond motifs is 3. The molecule has 0 aliphatic heterocycles. The van der Waals surface area contributed by atoms with Crippen molar-refractivity contribution in [2.45, 2.75) is 19.3 Å². The minimum Gasteiger partial charge on any atom is -0.293 e. The fourth-order valence-corrected chi connectivity index (χ4v) is 5.61. The molecule has 3 aromatic carbocycles. The number of hydrogen-bond acceptors (Lipinski definition) is 5. The Morgan fingerprint density at radius 1 is 0.756 bits per heavy atom. The fourth-order valence-electron chi connectivity index (χ4n) is 5.61. The van der Waals surface area contributed by atoms with Crippen molar-refractivity contribution >= 4 is 21.9 Å². The molecule has 4 aromatic heterocycles. The van der Waals surface area contributed by atoms with Gasteiger partial charge in [0.2, 0.25) is 0 Å². The van der Waals surface area contributed by atoms with E-state index in [4.69, 9.17) is 4.98 Å². The van der Waals surface area contributed by atoms with E-state index in [1.54, 1.807) is 34.6 Å². The molecule has 45 heavy (non-hydrogen) atoms. The number of nitrogens with zero attached hydrogens (tertiary/aromatic N) is 6. The molecule has 4 heterocycles. The molecule has 0 radical (unpaired) electrons. The van der Waals surface area contributed by atoms with Gasteiger partial charge in [0, 0.05) is 41.5 Å². The minimum absolute atomic E-state index is 0.181. The molecule has 218 valence electrons. The van der Waals surface area contributed by atoms with Crippen LogP contribution in [0.3, 0.4) is 0 Å². The highest BCUT2D eigenvalue weighted by Crippen LogP contribution is 2.31. The molecule has 0 amide bonds. The van der Waals surface area contributed by atoms with Crippen molar-refractivity contribution in [1.82, 2.24) is 24.1 Å². The van der Waals surface area contributed by atoms with Crippen molar-refractivity contribution in [2.24, 2.45) is 7.05 Å². The third-order valence-corrected chi connectivity index (χ3v) is 8.29. The molecule has 7 rings (SSSR count). The number of halogens is 1. The SMILES string of the molecule is Cn1c(=O)n(-c2ccc(C(C)(C)C#N)cc2)c2c3cc(-c4ccc(-c5ccc(-c6cccc(F)c6)nc5)nc4)ccc3ncc21. The summed E-state index contributed by atoms with van der Waals surface area (Å²) in [5.74, 6) is -0.300. The van der Waals surface area contributed by atoms with Crippen LogP contribution in [0, 0.1) is 17.1 Å². The fraction of sp³-hybridized carbons (Fsp3) is 0.108. The van der Waals surface area contributed by atoms with Gasteiger partial charge in [-0.1, -0.05) is 36.4 Å². The van der Waals surface area contributed by atoms with Crippen molar-refractivity contribution in [3.05, 3.63) is 131 Å². The van der Waals surface area contributed by atoms with E-state index in [2.05, 4.69) is 16.0 Å². The summed E-state index contributed by atoms with van der Waals surface area (Å²) in [6.45, 7) is 3.74. The maximum atomic E-state index is 13.6. The van der Waals surface area contributed by atoms with Gasteiger partial charge in [0.25, 0.3) is 0 Å². The molecule has 0 saturated heterocycles. The zero-order valence-electron chi connectivity index (χ0n) is 24.9. The molecule has 7 aromatic rings. The largest absolute Gasteiger partial charge is 0.333 e. The topological polar surface area (TPSA) is 89.4 Å². The highest BCUT2D eigenvalue weighted by molar-refractivity contribution is 6.04. The van der Waals surface area contributed by atoms with Gasteiger partial charge in [-0.15, -0.1) is 0 Å². The molecule has 0 unspecified atom stereocenters. The number of aryl methyl sites for hydroxylation is 1. The predicted molar refractivity (Wildman–Crippen MR) is 174 cm³/mol. The summed E-state index contributed by atoms with van der Waals surface area (Å²) >= 11 is 0. The van der Waals surface area contributed by atoms with E-state index in [1.165, 1.54) is 12.1 Å². The number of imidazole rings is 1. The lowest BCUT2D eigenvalue weighted by molar-refractivity contribution is 0.628. The van der Waals surface area contributed by atoms with Gasteiger partial charge in [0.1, 0.15) is 5.82 Å². The van der Waals surface area contributed by atoms with Crippen molar-refractivity contribution in [2.75, 3.05) is 0 Å². The van der Waals surface area contributed by atoms with Crippen LogP contribution in [0.4, 0.5) is 4.39 Å². The van der Waals surface area contributed by atoms with Crippen LogP contribution in [0.15, 0.2) is 114 Å². The van der Waals surface area contributed by atoms with Crippen LogP contribution in [-0.2, 0) is 12.5 Å². The minimum atomic E-state index is -0.639. The van der Waals surface area contributed by atoms with Gasteiger partial charge in [-0.05, 0) is 79.6 Å². The smallest absolute Gasteiger partial charge is 0.293 e. The molecule has 7 nitrogen and oxygen atoms in total. The van der Waals surface area contributed by atoms with Crippen LogP contribution in [0.25, 0.3) is 61.3 Å². The first-order valence-electron chi connectivity index (χ1n) is 14.4. The number of aromatic nitrogens is 5. The van der Waals surface area contributed by atoms with Crippen molar-refractivity contribution in [3.8, 4) is 45.4 Å². The molecule has 0 saturated carbocycles. The number of pyridine rings is 3. The van der Waals surface area contributed by atoms with E-state index in [9.17, 15) is 14.4 Å². The van der Waals surface area contributed by atoms with Gasteiger partial charge in [0.15, 0.2) is 0 Å². The molecular weight excluding hydrogens is 563 g/mol. The summed E-state index contributed by atoms with van der Waals surface area (Å²) in [7, 11) is 1.74. The predicted octanol–water partition coefficient (Wildman–Crippen LogP) is 7.61. The molecule has 0 aliphatic rings. The monoisotopic (exact) mass is 590 g/mol. The average molecular weight is 591 g/mol. The van der Waals surface area contributed by atoms with Gasteiger partial charge in [0.05, 0.1) is 51.3 Å². The van der Waals surface area contributed by atoms with E-state index >= 15 is 0 Å². The standard InChI is InChI=1S/C37H27FN6O/c1-37(2,22-39)27-10-12-29(13-11-27)44-35-30-18-23(7-16-33(30)42-21-34(35)43(3)36(44)45)25-8-14-32(40-19-25)26-9-15-31(41-20-26)24-5-4-6-28(38)17-24/h4-21H,1-3H3. The first kappa shape index (κ1) is 27.9. The van der Waals surface area contributed by atoms with Crippen molar-refractivity contribution in [3.63, 3.8) is 0 Å². The molecular formula is C37H27FN6O.